The summed E-state index contributed by atoms with van der Waals surface area (Å²) < 4.78 is 0. The molecule has 0 bridgehead atoms. The highest BCUT2D eigenvalue weighted by molar-refractivity contribution is 5.15. The van der Waals surface area contributed by atoms with Crippen LogP contribution < -0.4 is 0 Å². The van der Waals surface area contributed by atoms with Gasteiger partial charge in [-0.05, 0) is 49.9 Å². The normalized spacial score (nSPS) is 40.5. The minimum atomic E-state index is -1.09. The van der Waals surface area contributed by atoms with Crippen molar-refractivity contribution in [2.24, 2.45) is 22.4 Å². The van der Waals surface area contributed by atoms with E-state index in [0.717, 1.165) is 18.4 Å². The SMILES string of the molecule is C=C1CC[C@H]([N+](=O)[O-])[C@](C)(N=O)CC[C@@H]2C1CC2(C)C. The molecule has 2 fully saturated rings. The number of hydrogen-bond acceptors (Lipinski definition) is 4. The summed E-state index contributed by atoms with van der Waals surface area (Å²) in [5.74, 6) is 0.938. The Labute approximate surface area is 119 Å². The van der Waals surface area contributed by atoms with Crippen LogP contribution in [0.1, 0.15) is 52.9 Å². The highest BCUT2D eigenvalue weighted by Crippen LogP contribution is 2.57. The maximum absolute atomic E-state index is 11.3. The van der Waals surface area contributed by atoms with Crippen molar-refractivity contribution in [3.63, 3.8) is 0 Å². The average Bonchev–Trinajstić information content (AvgIpc) is 2.39. The van der Waals surface area contributed by atoms with Crippen LogP contribution in [0.5, 0.6) is 0 Å². The third-order valence-corrected chi connectivity index (χ3v) is 5.64. The second kappa shape index (κ2) is 4.93. The molecule has 0 aromatic rings. The van der Waals surface area contributed by atoms with Gasteiger partial charge in [-0.25, -0.2) is 0 Å². The maximum Gasteiger partial charge on any atom is 0.241 e. The summed E-state index contributed by atoms with van der Waals surface area (Å²) in [6, 6.07) is -0.891. The first-order valence-electron chi connectivity index (χ1n) is 7.37. The van der Waals surface area contributed by atoms with E-state index in [2.05, 4.69) is 25.6 Å². The van der Waals surface area contributed by atoms with Crippen molar-refractivity contribution in [1.29, 1.82) is 0 Å². The molecule has 4 atom stereocenters. The molecule has 1 unspecified atom stereocenters. The van der Waals surface area contributed by atoms with E-state index in [9.17, 15) is 15.0 Å². The lowest BCUT2D eigenvalue weighted by Gasteiger charge is -2.53. The highest BCUT2D eigenvalue weighted by Gasteiger charge is 2.52. The first-order valence-corrected chi connectivity index (χ1v) is 7.37. The minimum Gasteiger partial charge on any atom is -0.264 e. The summed E-state index contributed by atoms with van der Waals surface area (Å²) in [6.07, 6.45) is 3.43. The van der Waals surface area contributed by atoms with Crippen molar-refractivity contribution < 1.29 is 4.92 Å². The molecule has 2 rings (SSSR count). The Morgan fingerprint density at radius 3 is 2.50 bits per heavy atom. The Morgan fingerprint density at radius 1 is 1.35 bits per heavy atom. The van der Waals surface area contributed by atoms with Crippen molar-refractivity contribution in [2.75, 3.05) is 0 Å². The monoisotopic (exact) mass is 280 g/mol. The Hall–Kier alpha value is -1.26. The molecule has 2 aliphatic rings. The van der Waals surface area contributed by atoms with Crippen LogP contribution >= 0.6 is 0 Å². The lowest BCUT2D eigenvalue weighted by atomic mass is 9.52. The molecule has 0 aliphatic heterocycles. The largest absolute Gasteiger partial charge is 0.264 e. The molecule has 0 spiro atoms. The summed E-state index contributed by atoms with van der Waals surface area (Å²) in [5, 5.41) is 14.5. The Balaban J connectivity index is 2.27. The van der Waals surface area contributed by atoms with Crippen LogP contribution in [0.4, 0.5) is 0 Å². The van der Waals surface area contributed by atoms with Crippen molar-refractivity contribution in [3.05, 3.63) is 27.2 Å². The van der Waals surface area contributed by atoms with E-state index >= 15 is 0 Å². The molecule has 5 nitrogen and oxygen atoms in total. The third-order valence-electron chi connectivity index (χ3n) is 5.64. The van der Waals surface area contributed by atoms with Crippen molar-refractivity contribution in [2.45, 2.75) is 64.5 Å². The molecular formula is C15H24N2O3. The van der Waals surface area contributed by atoms with Gasteiger partial charge in [-0.15, -0.1) is 4.91 Å². The number of nitro groups is 1. The van der Waals surface area contributed by atoms with Gasteiger partial charge in [-0.3, -0.25) is 10.1 Å². The van der Waals surface area contributed by atoms with Crippen LogP contribution in [0.15, 0.2) is 17.3 Å². The Bertz CT molecular complexity index is 446. The van der Waals surface area contributed by atoms with Gasteiger partial charge in [0.25, 0.3) is 0 Å². The molecular weight excluding hydrogens is 256 g/mol. The molecule has 0 amide bonds. The van der Waals surface area contributed by atoms with Gasteiger partial charge < -0.3 is 0 Å². The fourth-order valence-electron chi connectivity index (χ4n) is 4.14. The predicted octanol–water partition coefficient (Wildman–Crippen LogP) is 3.95. The maximum atomic E-state index is 11.3. The topological polar surface area (TPSA) is 72.6 Å². The predicted molar refractivity (Wildman–Crippen MR) is 78.0 cm³/mol. The zero-order valence-corrected chi connectivity index (χ0v) is 12.6. The molecule has 0 aromatic heterocycles. The van der Waals surface area contributed by atoms with Gasteiger partial charge in [0.2, 0.25) is 6.04 Å². The van der Waals surface area contributed by atoms with Gasteiger partial charge in [0.15, 0.2) is 5.54 Å². The zero-order valence-electron chi connectivity index (χ0n) is 12.6. The van der Waals surface area contributed by atoms with E-state index < -0.39 is 11.6 Å². The van der Waals surface area contributed by atoms with Crippen molar-refractivity contribution in [3.8, 4) is 0 Å². The number of hydrogen-bond donors (Lipinski definition) is 0. The van der Waals surface area contributed by atoms with Crippen LogP contribution in [0.25, 0.3) is 0 Å². The number of fused-ring (bicyclic) bond motifs is 1. The van der Waals surface area contributed by atoms with Gasteiger partial charge in [-0.2, -0.15) is 0 Å². The lowest BCUT2D eigenvalue weighted by Crippen LogP contribution is -2.46. The smallest absolute Gasteiger partial charge is 0.241 e. The lowest BCUT2D eigenvalue weighted by molar-refractivity contribution is -0.534. The van der Waals surface area contributed by atoms with E-state index in [-0.39, 0.29) is 10.3 Å². The Morgan fingerprint density at radius 2 is 2.00 bits per heavy atom. The van der Waals surface area contributed by atoms with Gasteiger partial charge in [0.1, 0.15) is 0 Å². The highest BCUT2D eigenvalue weighted by atomic mass is 16.6. The van der Waals surface area contributed by atoms with Crippen LogP contribution in [0.2, 0.25) is 0 Å². The Kier molecular flexibility index (Phi) is 3.73. The van der Waals surface area contributed by atoms with Crippen molar-refractivity contribution >= 4 is 0 Å². The fourth-order valence-corrected chi connectivity index (χ4v) is 4.14. The van der Waals surface area contributed by atoms with Crippen LogP contribution in [0, 0.1) is 32.3 Å². The molecule has 112 valence electrons. The fraction of sp³-hybridized carbons (Fsp3) is 0.867. The molecule has 0 N–H and O–H groups in total. The molecule has 0 saturated heterocycles. The number of rotatable bonds is 2. The van der Waals surface area contributed by atoms with Gasteiger partial charge in [-0.1, -0.05) is 31.2 Å². The number of allylic oxidation sites excluding steroid dienone is 1. The third kappa shape index (κ3) is 2.38. The number of nitroso groups, excluding NO2 is 1. The summed E-state index contributed by atoms with van der Waals surface area (Å²) in [7, 11) is 0. The van der Waals surface area contributed by atoms with E-state index in [1.807, 2.05) is 0 Å². The minimum absolute atomic E-state index is 0.242. The van der Waals surface area contributed by atoms with Gasteiger partial charge in [0, 0.05) is 11.3 Å². The molecule has 0 radical (unpaired) electrons. The summed E-state index contributed by atoms with van der Waals surface area (Å²) in [5.41, 5.74) is 0.271. The molecule has 0 heterocycles. The molecule has 0 aromatic carbocycles. The standard InChI is InChI=1S/C15H24N2O3/c1-10-5-6-13(17(19)20)15(4,16-18)8-7-12-11(10)9-14(12,2)3/h11-13H,1,5-9H2,2-4H3/t11?,12-,13+,15-/m1/s1. The second-order valence-electron chi connectivity index (χ2n) is 7.39. The van der Waals surface area contributed by atoms with Gasteiger partial charge in [0.05, 0.1) is 0 Å². The molecule has 5 heteroatoms. The number of nitrogens with zero attached hydrogens (tertiary/aromatic N) is 2. The van der Waals surface area contributed by atoms with E-state index in [1.54, 1.807) is 6.92 Å². The quantitative estimate of drug-likeness (QED) is 0.333. The van der Waals surface area contributed by atoms with Crippen LogP contribution in [-0.2, 0) is 0 Å². The van der Waals surface area contributed by atoms with E-state index in [4.69, 9.17) is 0 Å². The summed E-state index contributed by atoms with van der Waals surface area (Å²) >= 11 is 0. The summed E-state index contributed by atoms with van der Waals surface area (Å²) in [4.78, 5) is 22.2. The average molecular weight is 280 g/mol. The van der Waals surface area contributed by atoms with Crippen LogP contribution in [-0.4, -0.2) is 16.5 Å². The van der Waals surface area contributed by atoms with Crippen molar-refractivity contribution in [1.82, 2.24) is 0 Å². The van der Waals surface area contributed by atoms with E-state index in [1.165, 1.54) is 0 Å². The molecule has 20 heavy (non-hydrogen) atoms. The zero-order chi connectivity index (χ0) is 15.1. The second-order valence-corrected chi connectivity index (χ2v) is 7.39. The first kappa shape index (κ1) is 15.1. The van der Waals surface area contributed by atoms with Gasteiger partial charge >= 0.3 is 0 Å². The van der Waals surface area contributed by atoms with Crippen LogP contribution in [0.3, 0.4) is 0 Å². The summed E-state index contributed by atoms with van der Waals surface area (Å²) in [6.45, 7) is 10.2. The first-order chi connectivity index (χ1) is 9.21. The molecule has 2 aliphatic carbocycles. The molecule has 2 saturated carbocycles. The van der Waals surface area contributed by atoms with E-state index in [0.29, 0.717) is 31.1 Å².